The minimum Gasteiger partial charge on any atom is -0.326 e. The molecular formula is C16H23N3. The number of rotatable bonds is 6. The van der Waals surface area contributed by atoms with Gasteiger partial charge in [0.25, 0.3) is 0 Å². The Kier molecular flexibility index (Phi) is 4.74. The molecule has 0 saturated carbocycles. The molecule has 2 aromatic rings. The van der Waals surface area contributed by atoms with Gasteiger partial charge in [0.2, 0.25) is 0 Å². The first kappa shape index (κ1) is 13.8. The van der Waals surface area contributed by atoms with Crippen LogP contribution in [0.25, 0.3) is 0 Å². The van der Waals surface area contributed by atoms with E-state index in [0.29, 0.717) is 12.1 Å². The van der Waals surface area contributed by atoms with Gasteiger partial charge in [-0.3, -0.25) is 0 Å². The van der Waals surface area contributed by atoms with Gasteiger partial charge in [-0.1, -0.05) is 51.1 Å². The molecule has 3 nitrogen and oxygen atoms in total. The van der Waals surface area contributed by atoms with Gasteiger partial charge in [0.1, 0.15) is 5.82 Å². The first-order valence-electron chi connectivity index (χ1n) is 7.02. The topological polar surface area (TPSA) is 29.9 Å². The molecule has 0 spiro atoms. The Morgan fingerprint density at radius 2 is 1.95 bits per heavy atom. The van der Waals surface area contributed by atoms with E-state index in [4.69, 9.17) is 0 Å². The van der Waals surface area contributed by atoms with Gasteiger partial charge in [-0.25, -0.2) is 4.98 Å². The highest BCUT2D eigenvalue weighted by Crippen LogP contribution is 2.19. The lowest BCUT2D eigenvalue weighted by molar-refractivity contribution is 0.476. The van der Waals surface area contributed by atoms with Crippen molar-refractivity contribution in [3.05, 3.63) is 54.1 Å². The Hall–Kier alpha value is -1.61. The van der Waals surface area contributed by atoms with Crippen LogP contribution in [0.4, 0.5) is 0 Å². The fourth-order valence-electron chi connectivity index (χ4n) is 2.30. The first-order valence-corrected chi connectivity index (χ1v) is 7.02. The number of hydrogen-bond acceptors (Lipinski definition) is 2. The molecule has 0 fully saturated rings. The van der Waals surface area contributed by atoms with Crippen LogP contribution in [0.15, 0.2) is 42.7 Å². The second-order valence-electron chi connectivity index (χ2n) is 5.09. The molecule has 0 aliphatic carbocycles. The summed E-state index contributed by atoms with van der Waals surface area (Å²) in [5.74, 6) is 1.14. The number of nitrogens with zero attached hydrogens (tertiary/aromatic N) is 2. The smallest absolute Gasteiger partial charge is 0.108 e. The maximum absolute atomic E-state index is 4.44. The van der Waals surface area contributed by atoms with Crippen molar-refractivity contribution in [2.45, 2.75) is 39.3 Å². The van der Waals surface area contributed by atoms with Crippen LogP contribution in [-0.4, -0.2) is 22.1 Å². The third kappa shape index (κ3) is 3.44. The molecule has 0 amide bonds. The van der Waals surface area contributed by atoms with E-state index in [2.05, 4.69) is 72.2 Å². The standard InChI is InChI=1S/C16H23N3/c1-4-16-17-10-11-19(16)15(12-18-13(2)3)14-8-6-5-7-9-14/h5-11,13,15,18H,4,12H2,1-3H3. The van der Waals surface area contributed by atoms with E-state index in [1.54, 1.807) is 0 Å². The summed E-state index contributed by atoms with van der Waals surface area (Å²) in [6, 6.07) is 11.4. The zero-order chi connectivity index (χ0) is 13.7. The molecule has 1 heterocycles. The summed E-state index contributed by atoms with van der Waals surface area (Å²) in [5, 5.41) is 3.54. The Bertz CT molecular complexity index is 488. The summed E-state index contributed by atoms with van der Waals surface area (Å²) in [6.07, 6.45) is 4.93. The van der Waals surface area contributed by atoms with E-state index in [1.807, 2.05) is 6.20 Å². The Labute approximate surface area is 115 Å². The molecular weight excluding hydrogens is 234 g/mol. The highest BCUT2D eigenvalue weighted by atomic mass is 15.1. The van der Waals surface area contributed by atoms with Gasteiger partial charge in [-0.2, -0.15) is 0 Å². The highest BCUT2D eigenvalue weighted by Gasteiger charge is 2.16. The van der Waals surface area contributed by atoms with Crippen molar-refractivity contribution in [1.29, 1.82) is 0 Å². The van der Waals surface area contributed by atoms with Crippen LogP contribution in [0.1, 0.15) is 38.2 Å². The van der Waals surface area contributed by atoms with Crippen LogP contribution in [-0.2, 0) is 6.42 Å². The van der Waals surface area contributed by atoms with Crippen LogP contribution < -0.4 is 5.32 Å². The summed E-state index contributed by atoms with van der Waals surface area (Å²) in [6.45, 7) is 7.43. The molecule has 0 saturated heterocycles. The van der Waals surface area contributed by atoms with Crippen LogP contribution in [0, 0.1) is 0 Å². The Morgan fingerprint density at radius 1 is 1.21 bits per heavy atom. The number of benzene rings is 1. The Balaban J connectivity index is 2.29. The Morgan fingerprint density at radius 3 is 2.58 bits per heavy atom. The molecule has 3 heteroatoms. The molecule has 0 aliphatic rings. The van der Waals surface area contributed by atoms with Gasteiger partial charge in [0.05, 0.1) is 6.04 Å². The molecule has 0 radical (unpaired) electrons. The van der Waals surface area contributed by atoms with Crippen molar-refractivity contribution in [1.82, 2.24) is 14.9 Å². The van der Waals surface area contributed by atoms with Crippen molar-refractivity contribution in [2.75, 3.05) is 6.54 Å². The maximum atomic E-state index is 4.44. The lowest BCUT2D eigenvalue weighted by Crippen LogP contribution is -2.31. The van der Waals surface area contributed by atoms with Gasteiger partial charge in [-0.15, -0.1) is 0 Å². The van der Waals surface area contributed by atoms with Gasteiger partial charge >= 0.3 is 0 Å². The summed E-state index contributed by atoms with van der Waals surface area (Å²) >= 11 is 0. The first-order chi connectivity index (χ1) is 9.22. The van der Waals surface area contributed by atoms with Crippen molar-refractivity contribution in [3.63, 3.8) is 0 Å². The van der Waals surface area contributed by atoms with E-state index in [0.717, 1.165) is 18.8 Å². The predicted molar refractivity (Wildman–Crippen MR) is 79.3 cm³/mol. The number of hydrogen-bond donors (Lipinski definition) is 1. The monoisotopic (exact) mass is 257 g/mol. The predicted octanol–water partition coefficient (Wildman–Crippen LogP) is 3.03. The van der Waals surface area contributed by atoms with Gasteiger partial charge < -0.3 is 9.88 Å². The summed E-state index contributed by atoms with van der Waals surface area (Å²) in [7, 11) is 0. The molecule has 102 valence electrons. The minimum absolute atomic E-state index is 0.307. The van der Waals surface area contributed by atoms with Crippen molar-refractivity contribution < 1.29 is 0 Å². The van der Waals surface area contributed by atoms with Crippen molar-refractivity contribution in [2.24, 2.45) is 0 Å². The van der Waals surface area contributed by atoms with Crippen LogP contribution >= 0.6 is 0 Å². The van der Waals surface area contributed by atoms with Crippen molar-refractivity contribution in [3.8, 4) is 0 Å². The fourth-order valence-corrected chi connectivity index (χ4v) is 2.30. The minimum atomic E-state index is 0.307. The average Bonchev–Trinajstić information content (AvgIpc) is 2.88. The normalized spacial score (nSPS) is 12.8. The highest BCUT2D eigenvalue weighted by molar-refractivity contribution is 5.21. The van der Waals surface area contributed by atoms with Crippen LogP contribution in [0.5, 0.6) is 0 Å². The zero-order valence-corrected chi connectivity index (χ0v) is 12.0. The molecule has 1 aromatic heterocycles. The van der Waals surface area contributed by atoms with Crippen LogP contribution in [0.2, 0.25) is 0 Å². The molecule has 1 aromatic carbocycles. The van der Waals surface area contributed by atoms with E-state index in [9.17, 15) is 0 Å². The SMILES string of the molecule is CCc1nccn1C(CNC(C)C)c1ccccc1. The average molecular weight is 257 g/mol. The van der Waals surface area contributed by atoms with E-state index in [1.165, 1.54) is 5.56 Å². The molecule has 19 heavy (non-hydrogen) atoms. The second kappa shape index (κ2) is 6.53. The number of nitrogens with one attached hydrogen (secondary N) is 1. The fraction of sp³-hybridized carbons (Fsp3) is 0.438. The van der Waals surface area contributed by atoms with Gasteiger partial charge in [0.15, 0.2) is 0 Å². The third-order valence-electron chi connectivity index (χ3n) is 3.30. The van der Waals surface area contributed by atoms with E-state index in [-0.39, 0.29) is 0 Å². The lowest BCUT2D eigenvalue weighted by Gasteiger charge is -2.23. The summed E-state index contributed by atoms with van der Waals surface area (Å²) < 4.78 is 2.28. The number of imidazole rings is 1. The second-order valence-corrected chi connectivity index (χ2v) is 5.09. The largest absolute Gasteiger partial charge is 0.326 e. The third-order valence-corrected chi connectivity index (χ3v) is 3.30. The van der Waals surface area contributed by atoms with E-state index < -0.39 is 0 Å². The van der Waals surface area contributed by atoms with E-state index >= 15 is 0 Å². The molecule has 2 rings (SSSR count). The zero-order valence-electron chi connectivity index (χ0n) is 12.0. The summed E-state index contributed by atoms with van der Waals surface area (Å²) in [5.41, 5.74) is 1.32. The van der Waals surface area contributed by atoms with Crippen LogP contribution in [0.3, 0.4) is 0 Å². The van der Waals surface area contributed by atoms with Gasteiger partial charge in [-0.05, 0) is 5.56 Å². The molecule has 0 bridgehead atoms. The maximum Gasteiger partial charge on any atom is 0.108 e. The van der Waals surface area contributed by atoms with Gasteiger partial charge in [0, 0.05) is 31.4 Å². The molecule has 0 aliphatic heterocycles. The molecule has 1 N–H and O–H groups in total. The van der Waals surface area contributed by atoms with Crippen molar-refractivity contribution >= 4 is 0 Å². The molecule has 1 unspecified atom stereocenters. The number of aromatic nitrogens is 2. The summed E-state index contributed by atoms with van der Waals surface area (Å²) in [4.78, 5) is 4.44. The quantitative estimate of drug-likeness (QED) is 0.862. The lowest BCUT2D eigenvalue weighted by atomic mass is 10.1. The molecule has 1 atom stereocenters. The number of aryl methyl sites for hydroxylation is 1.